The molecule has 112 valence electrons. The number of carbonyl (C=O) groups excluding carboxylic acids is 1. The molecule has 0 unspecified atom stereocenters. The van der Waals surface area contributed by atoms with Crippen molar-refractivity contribution in [1.29, 1.82) is 0 Å². The average molecular weight is 336 g/mol. The van der Waals surface area contributed by atoms with Crippen LogP contribution in [0.3, 0.4) is 0 Å². The Hall–Kier alpha value is -2.24. The molecular weight excluding hydrogens is 324 g/mol. The minimum Gasteiger partial charge on any atom is -0.272 e. The maximum Gasteiger partial charge on any atom is 0.259 e. The second-order valence-corrected chi connectivity index (χ2v) is 6.85. The molecule has 1 aliphatic heterocycles. The molecule has 1 heterocycles. The lowest BCUT2D eigenvalue weighted by Gasteiger charge is -2.10. The minimum absolute atomic E-state index is 0.0687. The lowest BCUT2D eigenvalue weighted by Crippen LogP contribution is -2.22. The zero-order chi connectivity index (χ0) is 15.8. The molecule has 3 aromatic carbocycles. The summed E-state index contributed by atoms with van der Waals surface area (Å²) in [6, 6.07) is 18.5. The fourth-order valence-electron chi connectivity index (χ4n) is 2.76. The number of carbonyl (C=O) groups is 1. The van der Waals surface area contributed by atoms with Gasteiger partial charge in [0.15, 0.2) is 4.32 Å². The van der Waals surface area contributed by atoms with Crippen LogP contribution in [0.5, 0.6) is 0 Å². The molecule has 23 heavy (non-hydrogen) atoms. The van der Waals surface area contributed by atoms with E-state index in [1.807, 2.05) is 24.3 Å². The van der Waals surface area contributed by atoms with E-state index in [4.69, 9.17) is 12.2 Å². The van der Waals surface area contributed by atoms with E-state index >= 15 is 0 Å². The molecule has 0 aliphatic carbocycles. The van der Waals surface area contributed by atoms with Crippen LogP contribution in [-0.4, -0.2) is 27.2 Å². The van der Waals surface area contributed by atoms with Gasteiger partial charge in [-0.2, -0.15) is 10.1 Å². The second-order valence-electron chi connectivity index (χ2n) is 5.24. The number of hydrogen-bond acceptors (Lipinski definition) is 4. The Morgan fingerprint density at radius 3 is 2.22 bits per heavy atom. The first-order chi connectivity index (χ1) is 11.2. The molecule has 5 heteroatoms. The van der Waals surface area contributed by atoms with Crippen molar-refractivity contribution >= 4 is 62.0 Å². The molecule has 1 saturated heterocycles. The van der Waals surface area contributed by atoms with Crippen molar-refractivity contribution in [2.45, 2.75) is 0 Å². The van der Waals surface area contributed by atoms with Gasteiger partial charge < -0.3 is 0 Å². The number of thiocarbonyl (C=S) groups is 1. The fourth-order valence-corrected chi connectivity index (χ4v) is 3.73. The largest absolute Gasteiger partial charge is 0.272 e. The molecule has 0 N–H and O–H groups in total. The van der Waals surface area contributed by atoms with Crippen molar-refractivity contribution in [2.24, 2.45) is 5.10 Å². The fraction of sp³-hybridized carbons (Fsp3) is 0.0556. The third kappa shape index (κ3) is 2.52. The van der Waals surface area contributed by atoms with Gasteiger partial charge in [-0.1, -0.05) is 72.5 Å². The van der Waals surface area contributed by atoms with Crippen LogP contribution in [0.2, 0.25) is 0 Å². The Morgan fingerprint density at radius 2 is 1.65 bits per heavy atom. The molecule has 0 saturated carbocycles. The number of thioether (sulfide) groups is 1. The van der Waals surface area contributed by atoms with Crippen LogP contribution in [-0.2, 0) is 4.79 Å². The molecular formula is C18H12N2OS2. The molecule has 0 radical (unpaired) electrons. The van der Waals surface area contributed by atoms with Crippen LogP contribution >= 0.6 is 24.0 Å². The number of nitrogens with zero attached hydrogens (tertiary/aromatic N) is 2. The van der Waals surface area contributed by atoms with Gasteiger partial charge in [0, 0.05) is 5.56 Å². The Morgan fingerprint density at radius 1 is 1.04 bits per heavy atom. The number of hydrogen-bond donors (Lipinski definition) is 0. The molecule has 0 spiro atoms. The van der Waals surface area contributed by atoms with Gasteiger partial charge in [0.2, 0.25) is 0 Å². The molecule has 1 amide bonds. The first kappa shape index (κ1) is 14.4. The van der Waals surface area contributed by atoms with E-state index in [-0.39, 0.29) is 5.91 Å². The predicted molar refractivity (Wildman–Crippen MR) is 101 cm³/mol. The summed E-state index contributed by atoms with van der Waals surface area (Å²) >= 11 is 6.53. The summed E-state index contributed by atoms with van der Waals surface area (Å²) in [5.74, 6) is 0.299. The lowest BCUT2D eigenvalue weighted by molar-refractivity contribution is -0.123. The molecule has 1 fully saturated rings. The smallest absolute Gasteiger partial charge is 0.259 e. The summed E-state index contributed by atoms with van der Waals surface area (Å²) in [4.78, 5) is 11.8. The number of rotatable bonds is 2. The third-order valence-corrected chi connectivity index (χ3v) is 5.18. The maximum atomic E-state index is 11.8. The molecule has 4 rings (SSSR count). The Balaban J connectivity index is 1.93. The van der Waals surface area contributed by atoms with E-state index < -0.39 is 0 Å². The van der Waals surface area contributed by atoms with E-state index in [1.165, 1.54) is 16.8 Å². The van der Waals surface area contributed by atoms with Crippen LogP contribution in [0.4, 0.5) is 0 Å². The third-order valence-electron chi connectivity index (χ3n) is 3.84. The summed E-state index contributed by atoms with van der Waals surface area (Å²) in [7, 11) is 0. The molecule has 1 aliphatic rings. The highest BCUT2D eigenvalue weighted by atomic mass is 32.2. The van der Waals surface area contributed by atoms with Crippen LogP contribution in [0, 0.1) is 0 Å². The predicted octanol–water partition coefficient (Wildman–Crippen LogP) is 4.19. The van der Waals surface area contributed by atoms with Crippen LogP contribution in [0.1, 0.15) is 5.56 Å². The van der Waals surface area contributed by atoms with E-state index in [9.17, 15) is 4.79 Å². The van der Waals surface area contributed by atoms with Gasteiger partial charge in [-0.25, -0.2) is 0 Å². The summed E-state index contributed by atoms with van der Waals surface area (Å²) in [5, 5.41) is 10.2. The topological polar surface area (TPSA) is 32.7 Å². The normalized spacial score (nSPS) is 15.4. The van der Waals surface area contributed by atoms with Gasteiger partial charge >= 0.3 is 0 Å². The highest BCUT2D eigenvalue weighted by Crippen LogP contribution is 2.28. The first-order valence-corrected chi connectivity index (χ1v) is 8.57. The number of amides is 1. The summed E-state index contributed by atoms with van der Waals surface area (Å²) in [6.07, 6.45) is 1.75. The van der Waals surface area contributed by atoms with Gasteiger partial charge in [0.25, 0.3) is 5.91 Å². The quantitative estimate of drug-likeness (QED) is 0.400. The first-order valence-electron chi connectivity index (χ1n) is 7.18. The molecule has 0 bridgehead atoms. The van der Waals surface area contributed by atoms with Crippen molar-refractivity contribution in [3.8, 4) is 0 Å². The van der Waals surface area contributed by atoms with Crippen LogP contribution in [0.25, 0.3) is 21.5 Å². The van der Waals surface area contributed by atoms with E-state index in [0.29, 0.717) is 10.1 Å². The maximum absolute atomic E-state index is 11.8. The Kier molecular flexibility index (Phi) is 3.59. The SMILES string of the molecule is O=C1CSC(=S)N1/N=C\c1c2ccccc2cc2ccccc12. The summed E-state index contributed by atoms with van der Waals surface area (Å²) in [5.41, 5.74) is 1.01. The standard InChI is InChI=1S/C18H12N2OS2/c21-17-11-23-18(22)20(17)19-10-16-14-7-3-1-5-12(14)9-13-6-2-4-8-15(13)16/h1-10H,11H2/b19-10-. The van der Waals surface area contributed by atoms with Crippen LogP contribution < -0.4 is 0 Å². The average Bonchev–Trinajstić information content (AvgIpc) is 2.90. The van der Waals surface area contributed by atoms with Crippen molar-refractivity contribution in [2.75, 3.05) is 5.75 Å². The molecule has 0 atom stereocenters. The number of benzene rings is 3. The van der Waals surface area contributed by atoms with Crippen molar-refractivity contribution in [3.05, 3.63) is 60.2 Å². The van der Waals surface area contributed by atoms with E-state index in [2.05, 4.69) is 35.4 Å². The minimum atomic E-state index is -0.0687. The number of fused-ring (bicyclic) bond motifs is 2. The Labute approximate surface area is 143 Å². The zero-order valence-electron chi connectivity index (χ0n) is 12.1. The lowest BCUT2D eigenvalue weighted by atomic mass is 9.97. The van der Waals surface area contributed by atoms with Crippen molar-refractivity contribution < 1.29 is 4.79 Å². The molecule has 0 aromatic heterocycles. The van der Waals surface area contributed by atoms with Crippen molar-refractivity contribution in [1.82, 2.24) is 5.01 Å². The summed E-state index contributed by atoms with van der Waals surface area (Å²) in [6.45, 7) is 0. The van der Waals surface area contributed by atoms with E-state index in [1.54, 1.807) is 6.21 Å². The summed E-state index contributed by atoms with van der Waals surface area (Å²) < 4.78 is 0.510. The van der Waals surface area contributed by atoms with Crippen molar-refractivity contribution in [3.63, 3.8) is 0 Å². The van der Waals surface area contributed by atoms with Gasteiger partial charge in [0.1, 0.15) is 0 Å². The Bertz CT molecular complexity index is 911. The van der Waals surface area contributed by atoms with Crippen LogP contribution in [0.15, 0.2) is 59.7 Å². The highest BCUT2D eigenvalue weighted by Gasteiger charge is 2.26. The molecule has 3 nitrogen and oxygen atoms in total. The van der Waals surface area contributed by atoms with E-state index in [0.717, 1.165) is 27.1 Å². The monoisotopic (exact) mass is 336 g/mol. The zero-order valence-corrected chi connectivity index (χ0v) is 13.7. The highest BCUT2D eigenvalue weighted by molar-refractivity contribution is 8.23. The second kappa shape index (κ2) is 5.76. The number of hydrazone groups is 1. The van der Waals surface area contributed by atoms with Gasteiger partial charge in [-0.05, 0) is 27.6 Å². The van der Waals surface area contributed by atoms with Gasteiger partial charge in [-0.3, -0.25) is 4.79 Å². The van der Waals surface area contributed by atoms with Gasteiger partial charge in [0.05, 0.1) is 12.0 Å². The molecule has 3 aromatic rings. The van der Waals surface area contributed by atoms with Gasteiger partial charge in [-0.15, -0.1) is 0 Å².